The van der Waals surface area contributed by atoms with E-state index in [4.69, 9.17) is 4.74 Å². The highest BCUT2D eigenvalue weighted by molar-refractivity contribution is 5.84. The first-order valence-electron chi connectivity index (χ1n) is 11.6. The van der Waals surface area contributed by atoms with Crippen molar-refractivity contribution in [3.8, 4) is 28.0 Å². The number of alkyl halides is 1. The maximum Gasteiger partial charge on any atom is 0.348 e. The first kappa shape index (κ1) is 23.7. The minimum absolute atomic E-state index is 0.183. The number of unbranched alkanes of at least 4 members (excludes halogenated alkanes) is 2. The lowest BCUT2D eigenvalue weighted by Gasteiger charge is -2.18. The molecule has 0 aromatic heterocycles. The summed E-state index contributed by atoms with van der Waals surface area (Å²) in [5, 5.41) is 0. The summed E-state index contributed by atoms with van der Waals surface area (Å²) in [6.07, 6.45) is 4.96. The van der Waals surface area contributed by atoms with Crippen molar-refractivity contribution in [3.05, 3.63) is 78.4 Å². The van der Waals surface area contributed by atoms with Crippen LogP contribution in [0.25, 0.3) is 22.3 Å². The van der Waals surface area contributed by atoms with Crippen molar-refractivity contribution in [1.29, 1.82) is 0 Å². The largest absolute Gasteiger partial charge is 0.424 e. The molecular formula is C29H33FO2. The molecule has 0 saturated carbocycles. The molecule has 168 valence electrons. The second kappa shape index (κ2) is 11.1. The summed E-state index contributed by atoms with van der Waals surface area (Å²) in [4.78, 5) is 12.3. The first-order chi connectivity index (χ1) is 15.4. The molecule has 0 saturated heterocycles. The van der Waals surface area contributed by atoms with Gasteiger partial charge in [0.15, 0.2) is 0 Å². The third-order valence-electron chi connectivity index (χ3n) is 5.78. The van der Waals surface area contributed by atoms with Gasteiger partial charge in [0.1, 0.15) is 5.75 Å². The summed E-state index contributed by atoms with van der Waals surface area (Å²) in [6.45, 7) is 5.54. The average Bonchev–Trinajstić information content (AvgIpc) is 2.80. The van der Waals surface area contributed by atoms with Gasteiger partial charge in [0, 0.05) is 0 Å². The Bertz CT molecular complexity index is 1000. The van der Waals surface area contributed by atoms with Gasteiger partial charge in [-0.2, -0.15) is 0 Å². The SMILES string of the molecule is CCCCCC(C)(F)C(=O)Oc1ccc(-c2ccccc2-c2ccc(CCC)cc2)cc1. The standard InChI is InChI=1S/C29H33FO2/c1-4-6-9-21-29(3,30)28(31)32-25-19-17-24(18-20-25)27-12-8-7-11-26(27)23-15-13-22(10-5-2)14-16-23/h7-8,11-20H,4-6,9-10,21H2,1-3H3. The van der Waals surface area contributed by atoms with Gasteiger partial charge in [0.05, 0.1) is 0 Å². The summed E-state index contributed by atoms with van der Waals surface area (Å²) in [5.74, 6) is -0.464. The number of hydrogen-bond acceptors (Lipinski definition) is 2. The van der Waals surface area contributed by atoms with Crippen LogP contribution < -0.4 is 4.74 Å². The molecule has 0 aliphatic rings. The quantitative estimate of drug-likeness (QED) is 0.183. The zero-order chi connectivity index (χ0) is 23.0. The van der Waals surface area contributed by atoms with Crippen molar-refractivity contribution in [2.45, 2.75) is 65.0 Å². The molecule has 0 aliphatic heterocycles. The molecule has 3 heteroatoms. The van der Waals surface area contributed by atoms with E-state index in [1.807, 2.05) is 24.3 Å². The zero-order valence-electron chi connectivity index (χ0n) is 19.4. The van der Waals surface area contributed by atoms with Gasteiger partial charge in [-0.05, 0) is 66.1 Å². The molecule has 0 amide bonds. The summed E-state index contributed by atoms with van der Waals surface area (Å²) in [7, 11) is 0. The maximum absolute atomic E-state index is 14.7. The van der Waals surface area contributed by atoms with Crippen LogP contribution in [0, 0.1) is 0 Å². The fourth-order valence-electron chi connectivity index (χ4n) is 3.85. The van der Waals surface area contributed by atoms with Crippen molar-refractivity contribution in [1.82, 2.24) is 0 Å². The summed E-state index contributed by atoms with van der Waals surface area (Å²) < 4.78 is 20.0. The Balaban J connectivity index is 1.76. The lowest BCUT2D eigenvalue weighted by molar-refractivity contribution is -0.147. The van der Waals surface area contributed by atoms with E-state index >= 15 is 0 Å². The topological polar surface area (TPSA) is 26.3 Å². The van der Waals surface area contributed by atoms with E-state index in [0.29, 0.717) is 12.2 Å². The lowest BCUT2D eigenvalue weighted by atomic mass is 9.94. The van der Waals surface area contributed by atoms with Crippen LogP contribution in [0.2, 0.25) is 0 Å². The van der Waals surface area contributed by atoms with Crippen molar-refractivity contribution >= 4 is 5.97 Å². The van der Waals surface area contributed by atoms with E-state index in [2.05, 4.69) is 50.2 Å². The van der Waals surface area contributed by atoms with Crippen LogP contribution in [-0.2, 0) is 11.2 Å². The van der Waals surface area contributed by atoms with Gasteiger partial charge in [0.25, 0.3) is 0 Å². The number of benzene rings is 3. The molecule has 2 nitrogen and oxygen atoms in total. The Labute approximate surface area is 191 Å². The fourth-order valence-corrected chi connectivity index (χ4v) is 3.85. The second-order valence-electron chi connectivity index (χ2n) is 8.56. The van der Waals surface area contributed by atoms with Crippen LogP contribution in [0.5, 0.6) is 5.75 Å². The predicted molar refractivity (Wildman–Crippen MR) is 131 cm³/mol. The highest BCUT2D eigenvalue weighted by Gasteiger charge is 2.34. The van der Waals surface area contributed by atoms with Gasteiger partial charge < -0.3 is 4.74 Å². The Kier molecular flexibility index (Phi) is 8.21. The molecule has 0 radical (unpaired) electrons. The van der Waals surface area contributed by atoms with E-state index in [1.54, 1.807) is 12.1 Å². The molecule has 3 aromatic rings. The minimum atomic E-state index is -1.97. The molecule has 3 rings (SSSR count). The van der Waals surface area contributed by atoms with Crippen LogP contribution >= 0.6 is 0 Å². The number of halogens is 1. The molecule has 1 unspecified atom stereocenters. The number of hydrogen-bond donors (Lipinski definition) is 0. The van der Waals surface area contributed by atoms with E-state index < -0.39 is 11.6 Å². The number of carbonyl (C=O) groups is 1. The lowest BCUT2D eigenvalue weighted by Crippen LogP contribution is -2.34. The van der Waals surface area contributed by atoms with Crippen molar-refractivity contribution in [3.63, 3.8) is 0 Å². The number of carbonyl (C=O) groups excluding carboxylic acids is 1. The zero-order valence-corrected chi connectivity index (χ0v) is 19.4. The molecule has 0 heterocycles. The Morgan fingerprint density at radius 3 is 1.91 bits per heavy atom. The molecule has 0 bridgehead atoms. The van der Waals surface area contributed by atoms with Gasteiger partial charge in [-0.1, -0.05) is 93.8 Å². The molecule has 3 aromatic carbocycles. The van der Waals surface area contributed by atoms with Crippen LogP contribution in [-0.4, -0.2) is 11.6 Å². The molecule has 0 N–H and O–H groups in total. The number of aryl methyl sites for hydroxylation is 1. The normalized spacial score (nSPS) is 12.9. The summed E-state index contributed by atoms with van der Waals surface area (Å²) in [5.41, 5.74) is 3.80. The van der Waals surface area contributed by atoms with E-state index in [0.717, 1.165) is 47.9 Å². The Hall–Kier alpha value is -2.94. The third-order valence-corrected chi connectivity index (χ3v) is 5.78. The van der Waals surface area contributed by atoms with Gasteiger partial charge in [-0.15, -0.1) is 0 Å². The molecule has 0 aliphatic carbocycles. The summed E-state index contributed by atoms with van der Waals surface area (Å²) >= 11 is 0. The van der Waals surface area contributed by atoms with Crippen molar-refractivity contribution in [2.24, 2.45) is 0 Å². The molecule has 0 fully saturated rings. The Morgan fingerprint density at radius 2 is 1.38 bits per heavy atom. The van der Waals surface area contributed by atoms with E-state index in [9.17, 15) is 9.18 Å². The highest BCUT2D eigenvalue weighted by atomic mass is 19.1. The Morgan fingerprint density at radius 1 is 0.812 bits per heavy atom. The minimum Gasteiger partial charge on any atom is -0.424 e. The van der Waals surface area contributed by atoms with Crippen molar-refractivity contribution < 1.29 is 13.9 Å². The molecule has 0 spiro atoms. The predicted octanol–water partition coefficient (Wildman–Crippen LogP) is 8.19. The third kappa shape index (κ3) is 6.06. The second-order valence-corrected chi connectivity index (χ2v) is 8.56. The fraction of sp³-hybridized carbons (Fsp3) is 0.345. The van der Waals surface area contributed by atoms with Gasteiger partial charge in [0.2, 0.25) is 5.67 Å². The smallest absolute Gasteiger partial charge is 0.348 e. The molecular weight excluding hydrogens is 399 g/mol. The monoisotopic (exact) mass is 432 g/mol. The molecule has 32 heavy (non-hydrogen) atoms. The number of ether oxygens (including phenoxy) is 1. The van der Waals surface area contributed by atoms with Gasteiger partial charge >= 0.3 is 5.97 Å². The molecule has 1 atom stereocenters. The van der Waals surface area contributed by atoms with Gasteiger partial charge in [-0.3, -0.25) is 0 Å². The average molecular weight is 433 g/mol. The highest BCUT2D eigenvalue weighted by Crippen LogP contribution is 2.33. The van der Waals surface area contributed by atoms with E-state index in [1.165, 1.54) is 12.5 Å². The van der Waals surface area contributed by atoms with Crippen LogP contribution in [0.3, 0.4) is 0 Å². The summed E-state index contributed by atoms with van der Waals surface area (Å²) in [6, 6.07) is 24.3. The maximum atomic E-state index is 14.7. The first-order valence-corrected chi connectivity index (χ1v) is 11.6. The van der Waals surface area contributed by atoms with Gasteiger partial charge in [-0.25, -0.2) is 9.18 Å². The number of esters is 1. The van der Waals surface area contributed by atoms with Crippen LogP contribution in [0.4, 0.5) is 4.39 Å². The van der Waals surface area contributed by atoms with E-state index in [-0.39, 0.29) is 6.42 Å². The van der Waals surface area contributed by atoms with Crippen LogP contribution in [0.15, 0.2) is 72.8 Å². The van der Waals surface area contributed by atoms with Crippen molar-refractivity contribution in [2.75, 3.05) is 0 Å². The number of rotatable bonds is 10. The van der Waals surface area contributed by atoms with Crippen LogP contribution in [0.1, 0.15) is 58.4 Å².